The summed E-state index contributed by atoms with van der Waals surface area (Å²) in [5.74, 6) is 1.56. The predicted molar refractivity (Wildman–Crippen MR) is 85.6 cm³/mol. The molecule has 0 fully saturated rings. The van der Waals surface area contributed by atoms with Crippen LogP contribution in [0.3, 0.4) is 0 Å². The van der Waals surface area contributed by atoms with Crippen LogP contribution in [0.2, 0.25) is 0 Å². The number of aromatic nitrogens is 1. The van der Waals surface area contributed by atoms with Gasteiger partial charge in [0.05, 0.1) is 5.52 Å². The minimum atomic E-state index is 0.581. The van der Waals surface area contributed by atoms with E-state index in [4.69, 9.17) is 21.7 Å². The number of rotatable bonds is 1. The summed E-state index contributed by atoms with van der Waals surface area (Å²) < 4.78 is 12.0. The van der Waals surface area contributed by atoms with Crippen molar-refractivity contribution in [2.75, 3.05) is 13.2 Å². The van der Waals surface area contributed by atoms with Gasteiger partial charge >= 0.3 is 0 Å². The molecule has 2 heterocycles. The van der Waals surface area contributed by atoms with Crippen molar-refractivity contribution in [1.82, 2.24) is 4.98 Å². The van der Waals surface area contributed by atoms with Crippen LogP contribution >= 0.6 is 12.2 Å². The number of hydrogen-bond donors (Lipinski definition) is 1. The van der Waals surface area contributed by atoms with E-state index in [1.807, 2.05) is 36.4 Å². The van der Waals surface area contributed by atoms with Gasteiger partial charge in [-0.15, -0.1) is 0 Å². The summed E-state index contributed by atoms with van der Waals surface area (Å²) in [6.07, 6.45) is 0. The third kappa shape index (κ3) is 2.17. The first-order valence-corrected chi connectivity index (χ1v) is 7.24. The summed E-state index contributed by atoms with van der Waals surface area (Å²) >= 11 is 5.35. The van der Waals surface area contributed by atoms with Crippen LogP contribution in [-0.2, 0) is 0 Å². The van der Waals surface area contributed by atoms with Crippen LogP contribution in [0.4, 0.5) is 0 Å². The van der Waals surface area contributed by atoms with E-state index in [-0.39, 0.29) is 0 Å². The van der Waals surface area contributed by atoms with Crippen molar-refractivity contribution in [3.8, 4) is 22.6 Å². The maximum atomic E-state index is 5.69. The Bertz CT molecular complexity index is 871. The highest BCUT2D eigenvalue weighted by Crippen LogP contribution is 2.37. The average molecular weight is 295 g/mol. The maximum Gasteiger partial charge on any atom is 0.163 e. The van der Waals surface area contributed by atoms with Crippen molar-refractivity contribution in [1.29, 1.82) is 0 Å². The zero-order valence-electron chi connectivity index (χ0n) is 11.3. The Morgan fingerprint density at radius 3 is 2.38 bits per heavy atom. The van der Waals surface area contributed by atoms with E-state index in [0.29, 0.717) is 17.9 Å². The minimum Gasteiger partial charge on any atom is -0.486 e. The van der Waals surface area contributed by atoms with E-state index in [0.717, 1.165) is 33.5 Å². The number of H-pyrrole nitrogens is 1. The molecule has 4 heteroatoms. The predicted octanol–water partition coefficient (Wildman–Crippen LogP) is 4.34. The van der Waals surface area contributed by atoms with Crippen molar-refractivity contribution in [3.63, 3.8) is 0 Å². The van der Waals surface area contributed by atoms with Gasteiger partial charge in [-0.2, -0.15) is 0 Å². The molecule has 1 aliphatic rings. The molecule has 0 radical (unpaired) electrons. The number of ether oxygens (including phenoxy) is 2. The molecule has 104 valence electrons. The number of benzene rings is 2. The third-order valence-electron chi connectivity index (χ3n) is 3.59. The maximum absolute atomic E-state index is 5.69. The lowest BCUT2D eigenvalue weighted by molar-refractivity contribution is 0.172. The molecule has 0 saturated heterocycles. The number of hydrogen-bond acceptors (Lipinski definition) is 3. The first-order valence-electron chi connectivity index (χ1n) is 6.83. The Kier molecular flexibility index (Phi) is 2.89. The average Bonchev–Trinajstić information content (AvgIpc) is 2.53. The summed E-state index contributed by atoms with van der Waals surface area (Å²) in [5, 5.41) is 1.08. The van der Waals surface area contributed by atoms with Crippen LogP contribution in [0.15, 0.2) is 48.5 Å². The quantitative estimate of drug-likeness (QED) is 0.678. The van der Waals surface area contributed by atoms with Crippen LogP contribution in [0.25, 0.3) is 22.0 Å². The second-order valence-electron chi connectivity index (χ2n) is 4.95. The number of aromatic amines is 1. The molecule has 3 nitrogen and oxygen atoms in total. The van der Waals surface area contributed by atoms with Crippen LogP contribution in [0.5, 0.6) is 11.5 Å². The highest BCUT2D eigenvalue weighted by atomic mass is 32.1. The monoisotopic (exact) mass is 295 g/mol. The van der Waals surface area contributed by atoms with E-state index in [1.54, 1.807) is 0 Å². The van der Waals surface area contributed by atoms with Crippen LogP contribution < -0.4 is 9.47 Å². The van der Waals surface area contributed by atoms with E-state index in [2.05, 4.69) is 17.1 Å². The molecule has 0 saturated carbocycles. The molecule has 0 unspecified atom stereocenters. The van der Waals surface area contributed by atoms with Crippen molar-refractivity contribution in [2.24, 2.45) is 0 Å². The minimum absolute atomic E-state index is 0.581. The lowest BCUT2D eigenvalue weighted by atomic mass is 10.0. The Labute approximate surface area is 127 Å². The van der Waals surface area contributed by atoms with E-state index in [1.165, 1.54) is 0 Å². The summed E-state index contributed by atoms with van der Waals surface area (Å²) in [7, 11) is 0. The smallest absolute Gasteiger partial charge is 0.163 e. The van der Waals surface area contributed by atoms with Crippen molar-refractivity contribution < 1.29 is 9.47 Å². The molecule has 1 aliphatic heterocycles. The first kappa shape index (κ1) is 12.4. The van der Waals surface area contributed by atoms with Crippen LogP contribution in [-0.4, -0.2) is 18.2 Å². The molecule has 1 N–H and O–H groups in total. The molecule has 0 atom stereocenters. The van der Waals surface area contributed by atoms with Crippen LogP contribution in [0.1, 0.15) is 0 Å². The second kappa shape index (κ2) is 4.90. The zero-order chi connectivity index (χ0) is 14.2. The van der Waals surface area contributed by atoms with Gasteiger partial charge in [0, 0.05) is 11.5 Å². The SMILES string of the molecule is S=c1cc(-c2ccccc2)c2cc3c(cc2[nH]1)OCCO3. The molecule has 1 aromatic heterocycles. The first-order chi connectivity index (χ1) is 10.3. The normalized spacial score (nSPS) is 13.3. The topological polar surface area (TPSA) is 34.2 Å². The van der Waals surface area contributed by atoms with Gasteiger partial charge < -0.3 is 14.5 Å². The van der Waals surface area contributed by atoms with Crippen molar-refractivity contribution in [3.05, 3.63) is 53.2 Å². The summed E-state index contributed by atoms with van der Waals surface area (Å²) in [6, 6.07) is 16.2. The molecule has 0 aliphatic carbocycles. The molecule has 21 heavy (non-hydrogen) atoms. The fraction of sp³-hybridized carbons (Fsp3) is 0.118. The lowest BCUT2D eigenvalue weighted by Gasteiger charge is -2.19. The van der Waals surface area contributed by atoms with Gasteiger partial charge in [-0.1, -0.05) is 42.5 Å². The Morgan fingerprint density at radius 1 is 0.905 bits per heavy atom. The Hall–Kier alpha value is -2.33. The number of nitrogens with one attached hydrogen (secondary N) is 1. The van der Waals surface area contributed by atoms with E-state index >= 15 is 0 Å². The fourth-order valence-electron chi connectivity index (χ4n) is 2.65. The standard InChI is InChI=1S/C17H13NO2S/c21-17-9-12(11-4-2-1-3-5-11)13-8-15-16(10-14(13)18-17)20-7-6-19-15/h1-5,8-10H,6-7H2,(H,18,21). The molecule has 0 amide bonds. The van der Waals surface area contributed by atoms with E-state index in [9.17, 15) is 0 Å². The lowest BCUT2D eigenvalue weighted by Crippen LogP contribution is -2.15. The molecule has 2 aromatic carbocycles. The number of fused-ring (bicyclic) bond motifs is 2. The highest BCUT2D eigenvalue weighted by molar-refractivity contribution is 7.71. The summed E-state index contributed by atoms with van der Waals surface area (Å²) in [5.41, 5.74) is 3.20. The van der Waals surface area contributed by atoms with E-state index < -0.39 is 0 Å². The Balaban J connectivity index is 2.04. The molecular weight excluding hydrogens is 282 g/mol. The van der Waals surface area contributed by atoms with Gasteiger partial charge in [0.25, 0.3) is 0 Å². The van der Waals surface area contributed by atoms with Crippen molar-refractivity contribution in [2.45, 2.75) is 0 Å². The van der Waals surface area contributed by atoms with Gasteiger partial charge in [-0.3, -0.25) is 0 Å². The fourth-order valence-corrected chi connectivity index (χ4v) is 2.88. The van der Waals surface area contributed by atoms with Gasteiger partial charge in [0.15, 0.2) is 11.5 Å². The molecular formula is C17H13NO2S. The highest BCUT2D eigenvalue weighted by Gasteiger charge is 2.15. The van der Waals surface area contributed by atoms with Gasteiger partial charge in [-0.25, -0.2) is 0 Å². The molecule has 3 aromatic rings. The van der Waals surface area contributed by atoms with Gasteiger partial charge in [0.2, 0.25) is 0 Å². The van der Waals surface area contributed by atoms with Gasteiger partial charge in [-0.05, 0) is 23.3 Å². The largest absolute Gasteiger partial charge is 0.486 e. The summed E-state index contributed by atoms with van der Waals surface area (Å²) in [6.45, 7) is 1.17. The van der Waals surface area contributed by atoms with Crippen LogP contribution in [0, 0.1) is 4.64 Å². The van der Waals surface area contributed by atoms with Gasteiger partial charge in [0.1, 0.15) is 17.9 Å². The number of pyridine rings is 1. The Morgan fingerprint density at radius 2 is 1.62 bits per heavy atom. The molecule has 0 bridgehead atoms. The summed E-state index contributed by atoms with van der Waals surface area (Å²) in [4.78, 5) is 3.23. The molecule has 4 rings (SSSR count). The molecule has 0 spiro atoms. The third-order valence-corrected chi connectivity index (χ3v) is 3.81. The zero-order valence-corrected chi connectivity index (χ0v) is 12.1. The second-order valence-corrected chi connectivity index (χ2v) is 5.39. The van der Waals surface area contributed by atoms with Crippen molar-refractivity contribution >= 4 is 23.1 Å².